The van der Waals surface area contributed by atoms with E-state index in [4.69, 9.17) is 5.26 Å². The average molecular weight is 173 g/mol. The van der Waals surface area contributed by atoms with Crippen molar-refractivity contribution >= 4 is 20.0 Å². The molecule has 50 valence electrons. The zero-order valence-electron chi connectivity index (χ0n) is 4.70. The summed E-state index contributed by atoms with van der Waals surface area (Å²) >= 11 is 1.20. The van der Waals surface area contributed by atoms with Gasteiger partial charge in [0.15, 0.2) is 0 Å². The Hall–Kier alpha value is -0.980. The van der Waals surface area contributed by atoms with Gasteiger partial charge in [-0.25, -0.2) is 4.57 Å². The van der Waals surface area contributed by atoms with E-state index in [1.54, 1.807) is 5.51 Å². The van der Waals surface area contributed by atoms with Gasteiger partial charge in [0.05, 0.1) is 0 Å². The van der Waals surface area contributed by atoms with Crippen LogP contribution in [0.15, 0.2) is 5.51 Å². The molecule has 0 aliphatic rings. The molecule has 0 saturated carbocycles. The van der Waals surface area contributed by atoms with Crippen molar-refractivity contribution in [3.8, 4) is 11.9 Å². The van der Waals surface area contributed by atoms with Gasteiger partial charge in [-0.1, -0.05) is 11.3 Å². The molecule has 0 saturated heterocycles. The van der Waals surface area contributed by atoms with Gasteiger partial charge in [0, 0.05) is 0 Å². The first kappa shape index (κ1) is 7.13. The van der Waals surface area contributed by atoms with Crippen LogP contribution in [0.25, 0.3) is 0 Å². The molecular weight excluding hydrogens is 171 g/mol. The molecule has 1 rings (SSSR count). The van der Waals surface area contributed by atoms with Crippen molar-refractivity contribution in [1.29, 1.82) is 5.26 Å². The summed E-state index contributed by atoms with van der Waals surface area (Å²) in [5.74, 6) is 0.254. The number of hydrogen-bond acceptors (Lipinski definition) is 4. The van der Waals surface area contributed by atoms with E-state index in [1.807, 2.05) is 6.07 Å². The summed E-state index contributed by atoms with van der Waals surface area (Å²) in [5.41, 5.74) is 1.58. The number of nitriles is 1. The topological polar surface area (TPSA) is 64.2 Å². The van der Waals surface area contributed by atoms with Gasteiger partial charge in [-0.05, 0) is 0 Å². The predicted molar refractivity (Wildman–Crippen MR) is 33.8 cm³/mol. The molecule has 0 bridgehead atoms. The highest BCUT2D eigenvalue weighted by molar-refractivity contribution is 7.18. The van der Waals surface area contributed by atoms with E-state index < -0.39 is 8.69 Å². The van der Waals surface area contributed by atoms with Crippen LogP contribution in [0.1, 0.15) is 4.88 Å². The van der Waals surface area contributed by atoms with Crippen LogP contribution in [0.5, 0.6) is 5.88 Å². The Labute approximate surface area is 62.4 Å². The number of aromatic amines is 1. The van der Waals surface area contributed by atoms with Crippen molar-refractivity contribution in [2.24, 2.45) is 0 Å². The fourth-order valence-electron chi connectivity index (χ4n) is 0.443. The molecule has 1 aromatic rings. The van der Waals surface area contributed by atoms with Gasteiger partial charge >= 0.3 is 14.6 Å². The fourth-order valence-corrected chi connectivity index (χ4v) is 1.27. The summed E-state index contributed by atoms with van der Waals surface area (Å²) in [6.07, 6.45) is 0. The van der Waals surface area contributed by atoms with E-state index in [2.05, 4.69) is 9.51 Å². The lowest BCUT2D eigenvalue weighted by Gasteiger charge is -1.78. The quantitative estimate of drug-likeness (QED) is 0.627. The van der Waals surface area contributed by atoms with Crippen LogP contribution < -0.4 is 9.51 Å². The summed E-state index contributed by atoms with van der Waals surface area (Å²) in [4.78, 5) is 3.02. The molecule has 1 N–H and O–H groups in total. The van der Waals surface area contributed by atoms with E-state index in [-0.39, 0.29) is 5.88 Å². The molecule has 1 aromatic heterocycles. The lowest BCUT2D eigenvalue weighted by molar-refractivity contribution is -0.380. The monoisotopic (exact) mass is 173 g/mol. The zero-order chi connectivity index (χ0) is 7.40. The molecule has 0 amide bonds. The molecule has 0 aliphatic heterocycles. The smallest absolute Gasteiger partial charge is 0.349 e. The first-order chi connectivity index (χ1) is 4.88. The largest absolute Gasteiger partial charge is 0.406 e. The Bertz CT molecular complexity index is 279. The standard InChI is InChI=1S/C4HN2O2PS/c5-1-3-4(8-9-7)6-2-10-3/h2H/p+1. The van der Waals surface area contributed by atoms with Gasteiger partial charge < -0.3 is 4.52 Å². The number of thiazole rings is 1. The molecule has 0 atom stereocenters. The van der Waals surface area contributed by atoms with Crippen molar-refractivity contribution in [1.82, 2.24) is 0 Å². The molecular formula is C4H2N2O2PS+. The summed E-state index contributed by atoms with van der Waals surface area (Å²) in [7, 11) is -0.455. The molecule has 0 aliphatic carbocycles. The van der Waals surface area contributed by atoms with E-state index in [0.29, 0.717) is 4.88 Å². The highest BCUT2D eigenvalue weighted by atomic mass is 32.1. The SMILES string of the molecule is N#Cc1sc[nH+]c1OP=O. The zero-order valence-corrected chi connectivity index (χ0v) is 6.41. The number of nitrogens with zero attached hydrogens (tertiary/aromatic N) is 1. The maximum Gasteiger partial charge on any atom is 0.406 e. The van der Waals surface area contributed by atoms with Crippen molar-refractivity contribution in [2.45, 2.75) is 0 Å². The minimum Gasteiger partial charge on any atom is -0.349 e. The molecule has 0 unspecified atom stereocenters. The lowest BCUT2D eigenvalue weighted by atomic mass is 10.6. The van der Waals surface area contributed by atoms with Crippen LogP contribution >= 0.6 is 20.0 Å². The van der Waals surface area contributed by atoms with Gasteiger partial charge in [0.1, 0.15) is 6.07 Å². The molecule has 4 nitrogen and oxygen atoms in total. The minimum absolute atomic E-state index is 0.254. The Morgan fingerprint density at radius 2 is 2.70 bits per heavy atom. The van der Waals surface area contributed by atoms with Crippen molar-refractivity contribution in [2.75, 3.05) is 0 Å². The molecule has 1 heterocycles. The minimum atomic E-state index is -0.455. The molecule has 10 heavy (non-hydrogen) atoms. The van der Waals surface area contributed by atoms with Crippen molar-refractivity contribution in [3.05, 3.63) is 10.4 Å². The third-order valence-electron chi connectivity index (χ3n) is 0.803. The molecule has 0 aromatic carbocycles. The van der Waals surface area contributed by atoms with Crippen LogP contribution in [-0.4, -0.2) is 0 Å². The molecule has 0 radical (unpaired) electrons. The second-order valence-corrected chi connectivity index (χ2v) is 2.53. The highest BCUT2D eigenvalue weighted by Crippen LogP contribution is 2.18. The predicted octanol–water partition coefficient (Wildman–Crippen LogP) is 1.02. The summed E-state index contributed by atoms with van der Waals surface area (Å²) < 4.78 is 14.4. The van der Waals surface area contributed by atoms with E-state index in [9.17, 15) is 4.57 Å². The van der Waals surface area contributed by atoms with E-state index in [0.717, 1.165) is 0 Å². The number of nitrogens with one attached hydrogen (secondary N) is 1. The van der Waals surface area contributed by atoms with Gasteiger partial charge in [-0.15, -0.1) is 0 Å². The first-order valence-corrected chi connectivity index (χ1v) is 3.88. The lowest BCUT2D eigenvalue weighted by Crippen LogP contribution is -1.97. The normalized spacial score (nSPS) is 9.10. The average Bonchev–Trinajstić information content (AvgIpc) is 2.36. The maximum atomic E-state index is 9.89. The third-order valence-corrected chi connectivity index (χ3v) is 1.81. The number of hydrogen-bond donors (Lipinski definition) is 0. The third kappa shape index (κ3) is 1.29. The fraction of sp³-hybridized carbons (Fsp3) is 0. The van der Waals surface area contributed by atoms with Crippen molar-refractivity contribution < 1.29 is 14.1 Å². The van der Waals surface area contributed by atoms with Crippen LogP contribution in [-0.2, 0) is 4.57 Å². The Morgan fingerprint density at radius 3 is 3.30 bits per heavy atom. The second-order valence-electron chi connectivity index (χ2n) is 1.32. The van der Waals surface area contributed by atoms with Crippen molar-refractivity contribution in [3.63, 3.8) is 0 Å². The molecule has 0 fully saturated rings. The van der Waals surface area contributed by atoms with Gasteiger partial charge in [-0.3, -0.25) is 0 Å². The molecule has 6 heteroatoms. The summed E-state index contributed by atoms with van der Waals surface area (Å²) in [6.45, 7) is 0. The summed E-state index contributed by atoms with van der Waals surface area (Å²) in [6, 6.07) is 1.88. The van der Waals surface area contributed by atoms with Gasteiger partial charge in [0.25, 0.3) is 0 Å². The molecule has 0 spiro atoms. The van der Waals surface area contributed by atoms with E-state index >= 15 is 0 Å². The number of rotatable bonds is 2. The number of H-pyrrole nitrogens is 1. The van der Waals surface area contributed by atoms with E-state index in [1.165, 1.54) is 11.3 Å². The first-order valence-electron chi connectivity index (χ1n) is 2.27. The van der Waals surface area contributed by atoms with Gasteiger partial charge in [0.2, 0.25) is 10.4 Å². The van der Waals surface area contributed by atoms with Crippen LogP contribution in [0.3, 0.4) is 0 Å². The Balaban J connectivity index is 2.92. The Morgan fingerprint density at radius 1 is 1.90 bits per heavy atom. The second kappa shape index (κ2) is 3.25. The Kier molecular flexibility index (Phi) is 2.32. The summed E-state index contributed by atoms with van der Waals surface area (Å²) in [5, 5.41) is 8.39. The maximum absolute atomic E-state index is 9.89. The van der Waals surface area contributed by atoms with Crippen LogP contribution in [0.4, 0.5) is 0 Å². The van der Waals surface area contributed by atoms with Crippen LogP contribution in [0.2, 0.25) is 0 Å². The highest BCUT2D eigenvalue weighted by Gasteiger charge is 2.12. The van der Waals surface area contributed by atoms with Gasteiger partial charge in [-0.2, -0.15) is 10.2 Å². The van der Waals surface area contributed by atoms with Crippen LogP contribution in [0, 0.1) is 11.3 Å². The number of aromatic nitrogens is 1.